The summed E-state index contributed by atoms with van der Waals surface area (Å²) < 4.78 is 5.96. The topological polar surface area (TPSA) is 49.8 Å². The van der Waals surface area contributed by atoms with E-state index in [0.29, 0.717) is 6.42 Å². The number of ether oxygens (including phenoxy) is 1. The van der Waals surface area contributed by atoms with Crippen LogP contribution >= 0.6 is 0 Å². The van der Waals surface area contributed by atoms with Gasteiger partial charge in [0.05, 0.1) is 0 Å². The van der Waals surface area contributed by atoms with Crippen LogP contribution in [0.3, 0.4) is 0 Å². The number of benzene rings is 1. The molecule has 1 heterocycles. The van der Waals surface area contributed by atoms with Crippen molar-refractivity contribution in [3.05, 3.63) is 42.5 Å². The number of phenols is 1. The van der Waals surface area contributed by atoms with E-state index in [0.717, 1.165) is 31.5 Å². The monoisotopic (exact) mass is 303 g/mol. The molecule has 1 aliphatic rings. The highest BCUT2D eigenvalue weighted by atomic mass is 16.6. The van der Waals surface area contributed by atoms with Crippen LogP contribution in [0.15, 0.2) is 36.9 Å². The number of nitrogens with zero attached hydrogens (tertiary/aromatic N) is 1. The molecule has 0 aromatic heterocycles. The van der Waals surface area contributed by atoms with Gasteiger partial charge in [-0.25, -0.2) is 0 Å². The minimum Gasteiger partial charge on any atom is -0.508 e. The summed E-state index contributed by atoms with van der Waals surface area (Å²) in [6, 6.07) is 7.08. The minimum atomic E-state index is -0.688. The van der Waals surface area contributed by atoms with Gasteiger partial charge in [-0.2, -0.15) is 0 Å². The van der Waals surface area contributed by atoms with Gasteiger partial charge < -0.3 is 14.7 Å². The number of carbonyl (C=O) groups is 1. The number of carbonyl (C=O) groups excluding carboxylic acids is 1. The van der Waals surface area contributed by atoms with Gasteiger partial charge in [-0.05, 0) is 31.2 Å². The third-order valence-electron chi connectivity index (χ3n) is 4.43. The van der Waals surface area contributed by atoms with E-state index >= 15 is 0 Å². The van der Waals surface area contributed by atoms with Crippen LogP contribution in [0.2, 0.25) is 0 Å². The van der Waals surface area contributed by atoms with E-state index in [1.165, 1.54) is 0 Å². The summed E-state index contributed by atoms with van der Waals surface area (Å²) in [5.74, 6) is 0.115. The van der Waals surface area contributed by atoms with Crippen molar-refractivity contribution in [3.63, 3.8) is 0 Å². The number of piperidine rings is 1. The van der Waals surface area contributed by atoms with Crippen LogP contribution in [0.1, 0.15) is 31.7 Å². The smallest absolute Gasteiger partial charge is 0.306 e. The summed E-state index contributed by atoms with van der Waals surface area (Å²) in [5.41, 5.74) is 0.182. The van der Waals surface area contributed by atoms with Gasteiger partial charge in [0.2, 0.25) is 0 Å². The summed E-state index contributed by atoms with van der Waals surface area (Å²) >= 11 is 0. The Hall–Kier alpha value is -1.81. The fourth-order valence-corrected chi connectivity index (χ4v) is 3.26. The van der Waals surface area contributed by atoms with Crippen LogP contribution in [0, 0.1) is 5.92 Å². The molecule has 4 nitrogen and oxygen atoms in total. The summed E-state index contributed by atoms with van der Waals surface area (Å²) in [7, 11) is 2.07. The van der Waals surface area contributed by atoms with E-state index in [4.69, 9.17) is 4.74 Å². The zero-order valence-electron chi connectivity index (χ0n) is 13.4. The van der Waals surface area contributed by atoms with Gasteiger partial charge in [0.1, 0.15) is 11.4 Å². The molecule has 0 aliphatic carbocycles. The molecule has 1 aromatic carbocycles. The number of esters is 1. The van der Waals surface area contributed by atoms with Crippen LogP contribution in [0.5, 0.6) is 5.75 Å². The summed E-state index contributed by atoms with van der Waals surface area (Å²) in [5, 5.41) is 9.85. The number of hydrogen-bond donors (Lipinski definition) is 1. The molecular weight excluding hydrogens is 278 g/mol. The van der Waals surface area contributed by atoms with Crippen LogP contribution < -0.4 is 0 Å². The highest BCUT2D eigenvalue weighted by Gasteiger charge is 2.46. The third kappa shape index (κ3) is 3.33. The standard InChI is InChI=1S/C18H25NO3/c1-4-7-15-13-19(3)11-10-18(15,22-17(21)5-2)14-8-6-9-16(20)12-14/h4,6,8-9,12,15,20H,1,5,7,10-11,13H2,2-3H3/t15-,18-/m1/s1. The lowest BCUT2D eigenvalue weighted by Crippen LogP contribution is -2.51. The first kappa shape index (κ1) is 16.6. The van der Waals surface area contributed by atoms with Crippen molar-refractivity contribution in [2.24, 2.45) is 5.92 Å². The van der Waals surface area contributed by atoms with Gasteiger partial charge in [-0.3, -0.25) is 4.79 Å². The van der Waals surface area contributed by atoms with Crippen molar-refractivity contribution >= 4 is 5.97 Å². The second-order valence-corrected chi connectivity index (χ2v) is 6.00. The lowest BCUT2D eigenvalue weighted by Gasteiger charge is -2.46. The first-order chi connectivity index (χ1) is 10.5. The van der Waals surface area contributed by atoms with Crippen LogP contribution in [0.25, 0.3) is 0 Å². The molecular formula is C18H25NO3. The number of rotatable bonds is 5. The van der Waals surface area contributed by atoms with E-state index in [9.17, 15) is 9.90 Å². The molecule has 1 N–H and O–H groups in total. The molecule has 2 atom stereocenters. The van der Waals surface area contributed by atoms with E-state index in [1.54, 1.807) is 25.1 Å². The zero-order valence-corrected chi connectivity index (χ0v) is 13.4. The van der Waals surface area contributed by atoms with Gasteiger partial charge in [0.15, 0.2) is 0 Å². The van der Waals surface area contributed by atoms with Gasteiger partial charge in [0.25, 0.3) is 0 Å². The van der Waals surface area contributed by atoms with Crippen molar-refractivity contribution in [1.82, 2.24) is 4.90 Å². The second-order valence-electron chi connectivity index (χ2n) is 6.00. The van der Waals surface area contributed by atoms with Crippen molar-refractivity contribution in [2.45, 2.75) is 31.8 Å². The summed E-state index contributed by atoms with van der Waals surface area (Å²) in [6.07, 6.45) is 3.70. The van der Waals surface area contributed by atoms with Gasteiger partial charge in [0, 0.05) is 31.8 Å². The maximum Gasteiger partial charge on any atom is 0.306 e. The molecule has 4 heteroatoms. The van der Waals surface area contributed by atoms with Crippen LogP contribution in [0.4, 0.5) is 0 Å². The molecule has 1 aromatic rings. The predicted octanol–water partition coefficient (Wildman–Crippen LogP) is 3.07. The zero-order chi connectivity index (χ0) is 16.2. The highest BCUT2D eigenvalue weighted by Crippen LogP contribution is 2.43. The Morgan fingerprint density at radius 2 is 2.36 bits per heavy atom. The molecule has 1 fully saturated rings. The van der Waals surface area contributed by atoms with E-state index in [-0.39, 0.29) is 17.6 Å². The normalized spacial score (nSPS) is 25.6. The highest BCUT2D eigenvalue weighted by molar-refractivity contribution is 5.69. The Morgan fingerprint density at radius 3 is 3.00 bits per heavy atom. The molecule has 0 saturated carbocycles. The summed E-state index contributed by atoms with van der Waals surface area (Å²) in [4.78, 5) is 14.3. The van der Waals surface area contributed by atoms with E-state index in [2.05, 4.69) is 18.5 Å². The second kappa shape index (κ2) is 6.97. The number of likely N-dealkylation sites (tertiary alicyclic amines) is 1. The molecule has 0 spiro atoms. The quantitative estimate of drug-likeness (QED) is 0.671. The molecule has 0 radical (unpaired) electrons. The van der Waals surface area contributed by atoms with E-state index < -0.39 is 5.60 Å². The Labute approximate surface area is 132 Å². The fraction of sp³-hybridized carbons (Fsp3) is 0.500. The molecule has 0 unspecified atom stereocenters. The molecule has 2 rings (SSSR count). The lowest BCUT2D eigenvalue weighted by molar-refractivity contribution is -0.175. The SMILES string of the molecule is C=CC[C@@H]1CN(C)CC[C@@]1(OC(=O)CC)c1cccc(O)c1. The first-order valence-corrected chi connectivity index (χ1v) is 7.82. The van der Waals surface area contributed by atoms with Gasteiger partial charge >= 0.3 is 5.97 Å². The van der Waals surface area contributed by atoms with E-state index in [1.807, 2.05) is 12.1 Å². The average molecular weight is 303 g/mol. The molecule has 22 heavy (non-hydrogen) atoms. The number of aromatic hydroxyl groups is 1. The summed E-state index contributed by atoms with van der Waals surface area (Å²) in [6.45, 7) is 7.33. The molecule has 0 bridgehead atoms. The maximum absolute atomic E-state index is 12.1. The number of hydrogen-bond acceptors (Lipinski definition) is 4. The largest absolute Gasteiger partial charge is 0.508 e. The Balaban J connectivity index is 2.47. The van der Waals surface area contributed by atoms with Crippen LogP contribution in [-0.2, 0) is 15.1 Å². The van der Waals surface area contributed by atoms with Crippen molar-refractivity contribution in [2.75, 3.05) is 20.1 Å². The van der Waals surface area contributed by atoms with Gasteiger partial charge in [-0.1, -0.05) is 25.1 Å². The number of allylic oxidation sites excluding steroid dienone is 1. The molecule has 120 valence electrons. The minimum absolute atomic E-state index is 0.126. The number of phenolic OH excluding ortho intramolecular Hbond substituents is 1. The van der Waals surface area contributed by atoms with Crippen molar-refractivity contribution in [3.8, 4) is 5.75 Å². The fourth-order valence-electron chi connectivity index (χ4n) is 3.26. The third-order valence-corrected chi connectivity index (χ3v) is 4.43. The molecule has 1 aliphatic heterocycles. The van der Waals surface area contributed by atoms with Gasteiger partial charge in [-0.15, -0.1) is 6.58 Å². The Morgan fingerprint density at radius 1 is 1.59 bits per heavy atom. The Kier molecular flexibility index (Phi) is 5.24. The van der Waals surface area contributed by atoms with Crippen molar-refractivity contribution < 1.29 is 14.6 Å². The van der Waals surface area contributed by atoms with Crippen LogP contribution in [-0.4, -0.2) is 36.1 Å². The first-order valence-electron chi connectivity index (χ1n) is 7.82. The molecule has 1 saturated heterocycles. The Bertz CT molecular complexity index is 543. The molecule has 0 amide bonds. The maximum atomic E-state index is 12.1. The average Bonchev–Trinajstić information content (AvgIpc) is 2.50. The van der Waals surface area contributed by atoms with Crippen molar-refractivity contribution in [1.29, 1.82) is 0 Å². The lowest BCUT2D eigenvalue weighted by atomic mass is 9.74. The predicted molar refractivity (Wildman–Crippen MR) is 86.6 cm³/mol.